The molecule has 0 atom stereocenters. The van der Waals surface area contributed by atoms with Crippen molar-refractivity contribution in [3.63, 3.8) is 0 Å². The van der Waals surface area contributed by atoms with Crippen molar-refractivity contribution in [3.8, 4) is 5.75 Å². The lowest BCUT2D eigenvalue weighted by molar-refractivity contribution is 0.215. The van der Waals surface area contributed by atoms with Crippen LogP contribution in [0.2, 0.25) is 0 Å². The zero-order valence-electron chi connectivity index (χ0n) is 18.0. The number of nitrogens with zero attached hydrogens (tertiary/aromatic N) is 1. The molecule has 0 aliphatic rings. The second-order valence-corrected chi connectivity index (χ2v) is 7.82. The molecule has 0 saturated carbocycles. The van der Waals surface area contributed by atoms with Gasteiger partial charge in [0.1, 0.15) is 5.75 Å². The van der Waals surface area contributed by atoms with Crippen LogP contribution in [0.25, 0.3) is 21.8 Å². The number of hydrogen-bond donors (Lipinski definition) is 3. The molecule has 0 bridgehead atoms. The SMILES string of the molecule is Cc1ccc(NC(=O)Oc2cc(N)cc(Nc3c4ccccc4nc4ccccc34)c2)cc1. The van der Waals surface area contributed by atoms with E-state index in [1.54, 1.807) is 18.2 Å². The lowest BCUT2D eigenvalue weighted by atomic mass is 10.1. The van der Waals surface area contributed by atoms with Gasteiger partial charge in [0.05, 0.1) is 16.7 Å². The van der Waals surface area contributed by atoms with Crippen LogP contribution in [-0.4, -0.2) is 11.1 Å². The highest BCUT2D eigenvalue weighted by molar-refractivity contribution is 6.08. The van der Waals surface area contributed by atoms with Gasteiger partial charge < -0.3 is 15.8 Å². The summed E-state index contributed by atoms with van der Waals surface area (Å²) in [6.07, 6.45) is -0.588. The number of nitrogen functional groups attached to an aromatic ring is 1. The molecule has 5 rings (SSSR count). The van der Waals surface area contributed by atoms with E-state index in [2.05, 4.69) is 10.6 Å². The molecule has 1 amide bonds. The molecule has 0 unspecified atom stereocenters. The normalized spacial score (nSPS) is 10.8. The standard InChI is InChI=1S/C27H22N4O2/c1-17-10-12-19(13-11-17)30-27(32)33-21-15-18(28)14-20(16-21)29-26-22-6-2-4-8-24(22)31-25-9-5-3-7-23(25)26/h2-16H,28H2,1H3,(H,29,31)(H,30,32). The number of fused-ring (bicyclic) bond motifs is 2. The van der Waals surface area contributed by atoms with Crippen molar-refractivity contribution >= 4 is 50.6 Å². The van der Waals surface area contributed by atoms with Crippen molar-refractivity contribution in [3.05, 3.63) is 96.6 Å². The van der Waals surface area contributed by atoms with E-state index < -0.39 is 6.09 Å². The van der Waals surface area contributed by atoms with Crippen LogP contribution in [0.4, 0.5) is 27.5 Å². The largest absolute Gasteiger partial charge is 0.417 e. The van der Waals surface area contributed by atoms with E-state index in [0.29, 0.717) is 22.8 Å². The molecule has 33 heavy (non-hydrogen) atoms. The highest BCUT2D eigenvalue weighted by atomic mass is 16.6. The molecule has 1 aromatic heterocycles. The Morgan fingerprint density at radius 2 is 1.45 bits per heavy atom. The fourth-order valence-corrected chi connectivity index (χ4v) is 3.76. The Morgan fingerprint density at radius 3 is 2.12 bits per heavy atom. The number of ether oxygens (including phenoxy) is 1. The Hall–Kier alpha value is -4.58. The van der Waals surface area contributed by atoms with Crippen molar-refractivity contribution in [1.82, 2.24) is 4.98 Å². The van der Waals surface area contributed by atoms with Gasteiger partial charge in [-0.3, -0.25) is 5.32 Å². The van der Waals surface area contributed by atoms with Gasteiger partial charge in [0, 0.05) is 40.0 Å². The summed E-state index contributed by atoms with van der Waals surface area (Å²) in [5, 5.41) is 8.16. The van der Waals surface area contributed by atoms with E-state index >= 15 is 0 Å². The van der Waals surface area contributed by atoms with Crippen molar-refractivity contribution < 1.29 is 9.53 Å². The first-order chi connectivity index (χ1) is 16.0. The summed E-state index contributed by atoms with van der Waals surface area (Å²) < 4.78 is 5.50. The quantitative estimate of drug-likeness (QED) is 0.218. The second kappa shape index (κ2) is 8.51. The monoisotopic (exact) mass is 434 g/mol. The Morgan fingerprint density at radius 1 is 0.818 bits per heavy atom. The lowest BCUT2D eigenvalue weighted by Crippen LogP contribution is -2.16. The highest BCUT2D eigenvalue weighted by Gasteiger charge is 2.11. The summed E-state index contributed by atoms with van der Waals surface area (Å²) in [6.45, 7) is 1.98. The van der Waals surface area contributed by atoms with Gasteiger partial charge in [0.2, 0.25) is 0 Å². The van der Waals surface area contributed by atoms with Gasteiger partial charge in [-0.2, -0.15) is 0 Å². The molecule has 162 valence electrons. The molecule has 0 aliphatic heterocycles. The number of aryl methyl sites for hydroxylation is 1. The van der Waals surface area contributed by atoms with E-state index in [0.717, 1.165) is 33.1 Å². The minimum Gasteiger partial charge on any atom is -0.410 e. The van der Waals surface area contributed by atoms with Gasteiger partial charge in [0.15, 0.2) is 0 Å². The molecular weight excluding hydrogens is 412 g/mol. The summed E-state index contributed by atoms with van der Waals surface area (Å²) >= 11 is 0. The van der Waals surface area contributed by atoms with Crippen molar-refractivity contribution in [2.75, 3.05) is 16.4 Å². The molecule has 5 aromatic rings. The number of nitrogens with one attached hydrogen (secondary N) is 2. The van der Waals surface area contributed by atoms with E-state index in [9.17, 15) is 4.79 Å². The Kier molecular flexibility index (Phi) is 5.24. The number of aromatic nitrogens is 1. The van der Waals surface area contributed by atoms with Crippen LogP contribution in [-0.2, 0) is 0 Å². The minimum absolute atomic E-state index is 0.338. The fraction of sp³-hybridized carbons (Fsp3) is 0.0370. The smallest absolute Gasteiger partial charge is 0.410 e. The number of anilines is 4. The summed E-state index contributed by atoms with van der Waals surface area (Å²) in [5.74, 6) is 0.338. The van der Waals surface area contributed by atoms with Crippen LogP contribution < -0.4 is 21.1 Å². The third-order valence-electron chi connectivity index (χ3n) is 5.29. The molecule has 0 fully saturated rings. The zero-order chi connectivity index (χ0) is 22.8. The summed E-state index contributed by atoms with van der Waals surface area (Å²) in [4.78, 5) is 17.2. The van der Waals surface area contributed by atoms with E-state index in [1.807, 2.05) is 79.7 Å². The molecule has 6 heteroatoms. The predicted molar refractivity (Wildman–Crippen MR) is 134 cm³/mol. The molecule has 0 radical (unpaired) electrons. The second-order valence-electron chi connectivity index (χ2n) is 7.82. The van der Waals surface area contributed by atoms with Crippen LogP contribution in [0.5, 0.6) is 5.75 Å². The van der Waals surface area contributed by atoms with Crippen molar-refractivity contribution in [2.45, 2.75) is 6.92 Å². The van der Waals surface area contributed by atoms with Crippen LogP contribution in [0, 0.1) is 6.92 Å². The first-order valence-corrected chi connectivity index (χ1v) is 10.6. The molecular formula is C27H22N4O2. The van der Waals surface area contributed by atoms with Gasteiger partial charge in [-0.15, -0.1) is 0 Å². The Balaban J connectivity index is 1.46. The van der Waals surface area contributed by atoms with Gasteiger partial charge in [-0.1, -0.05) is 54.1 Å². The Bertz CT molecular complexity index is 1430. The maximum absolute atomic E-state index is 12.4. The van der Waals surface area contributed by atoms with Crippen molar-refractivity contribution in [1.29, 1.82) is 0 Å². The maximum Gasteiger partial charge on any atom is 0.417 e. The molecule has 0 saturated heterocycles. The molecule has 0 spiro atoms. The van der Waals surface area contributed by atoms with E-state index in [-0.39, 0.29) is 0 Å². The minimum atomic E-state index is -0.588. The number of amides is 1. The van der Waals surface area contributed by atoms with E-state index in [1.165, 1.54) is 0 Å². The number of hydrogen-bond acceptors (Lipinski definition) is 5. The van der Waals surface area contributed by atoms with Gasteiger partial charge in [0.25, 0.3) is 0 Å². The third-order valence-corrected chi connectivity index (χ3v) is 5.29. The van der Waals surface area contributed by atoms with Gasteiger partial charge in [-0.05, 0) is 37.3 Å². The van der Waals surface area contributed by atoms with Crippen LogP contribution >= 0.6 is 0 Å². The summed E-state index contributed by atoms with van der Waals surface area (Å²) in [5.41, 5.74) is 11.7. The Labute approximate surface area is 191 Å². The number of benzene rings is 4. The topological polar surface area (TPSA) is 89.3 Å². The first-order valence-electron chi connectivity index (χ1n) is 10.6. The average molecular weight is 434 g/mol. The predicted octanol–water partition coefficient (Wildman–Crippen LogP) is 6.63. The maximum atomic E-state index is 12.4. The average Bonchev–Trinajstić information content (AvgIpc) is 2.80. The molecule has 0 aliphatic carbocycles. The third kappa shape index (κ3) is 4.41. The number of carbonyl (C=O) groups is 1. The molecule has 6 nitrogen and oxygen atoms in total. The van der Waals surface area contributed by atoms with E-state index in [4.69, 9.17) is 15.5 Å². The van der Waals surface area contributed by atoms with Crippen LogP contribution in [0.1, 0.15) is 5.56 Å². The van der Waals surface area contributed by atoms with Crippen molar-refractivity contribution in [2.24, 2.45) is 0 Å². The lowest BCUT2D eigenvalue weighted by Gasteiger charge is -2.15. The molecule has 1 heterocycles. The van der Waals surface area contributed by atoms with Gasteiger partial charge >= 0.3 is 6.09 Å². The molecule has 4 aromatic carbocycles. The molecule has 4 N–H and O–H groups in total. The first kappa shape index (κ1) is 20.3. The number of carbonyl (C=O) groups excluding carboxylic acids is 1. The summed E-state index contributed by atoms with van der Waals surface area (Å²) in [6, 6.07) is 28.5. The number of para-hydroxylation sites is 2. The van der Waals surface area contributed by atoms with Crippen LogP contribution in [0.3, 0.4) is 0 Å². The summed E-state index contributed by atoms with van der Waals surface area (Å²) in [7, 11) is 0. The van der Waals surface area contributed by atoms with Crippen LogP contribution in [0.15, 0.2) is 91.0 Å². The number of nitrogens with two attached hydrogens (primary N) is 1. The highest BCUT2D eigenvalue weighted by Crippen LogP contribution is 2.34. The fourth-order valence-electron chi connectivity index (χ4n) is 3.76. The zero-order valence-corrected chi connectivity index (χ0v) is 18.0. The van der Waals surface area contributed by atoms with Gasteiger partial charge in [-0.25, -0.2) is 9.78 Å². The number of pyridine rings is 1. The number of rotatable bonds is 4.